The largest absolute Gasteiger partial charge is 0.497 e. The number of benzene rings is 3. The third kappa shape index (κ3) is 4.58. The summed E-state index contributed by atoms with van der Waals surface area (Å²) in [6.07, 6.45) is 0.269. The van der Waals surface area contributed by atoms with Gasteiger partial charge in [-0.3, -0.25) is 4.79 Å². The van der Waals surface area contributed by atoms with Crippen molar-refractivity contribution in [2.45, 2.75) is 30.8 Å². The van der Waals surface area contributed by atoms with E-state index in [2.05, 4.69) is 5.32 Å². The van der Waals surface area contributed by atoms with E-state index in [1.54, 1.807) is 49.6 Å². The monoisotopic (exact) mass is 466 g/mol. The van der Waals surface area contributed by atoms with Gasteiger partial charge in [0.1, 0.15) is 17.5 Å². The zero-order chi connectivity index (χ0) is 23.6. The number of fused-ring (bicyclic) bond motifs is 1. The van der Waals surface area contributed by atoms with E-state index in [0.717, 1.165) is 16.7 Å². The molecule has 1 N–H and O–H groups in total. The molecule has 33 heavy (non-hydrogen) atoms. The van der Waals surface area contributed by atoms with Crippen LogP contribution in [0, 0.1) is 6.92 Å². The van der Waals surface area contributed by atoms with Crippen LogP contribution in [-0.2, 0) is 27.8 Å². The van der Waals surface area contributed by atoms with Gasteiger partial charge in [-0.05, 0) is 48.7 Å². The third-order valence-electron chi connectivity index (χ3n) is 5.80. The number of sulfonamides is 1. The van der Waals surface area contributed by atoms with Gasteiger partial charge in [-0.1, -0.05) is 42.0 Å². The average Bonchev–Trinajstić information content (AvgIpc) is 2.83. The fraction of sp³-hybridized carbons (Fsp3) is 0.240. The first-order chi connectivity index (χ1) is 15.8. The second-order valence-electron chi connectivity index (χ2n) is 7.91. The Morgan fingerprint density at radius 2 is 1.67 bits per heavy atom. The first kappa shape index (κ1) is 22.8. The molecule has 1 atom stereocenters. The van der Waals surface area contributed by atoms with Gasteiger partial charge in [-0.2, -0.15) is 4.31 Å². The molecule has 0 saturated carbocycles. The van der Waals surface area contributed by atoms with Crippen LogP contribution in [0.5, 0.6) is 11.5 Å². The number of nitrogens with zero attached hydrogens (tertiary/aromatic N) is 1. The lowest BCUT2D eigenvalue weighted by molar-refractivity contribution is -0.120. The van der Waals surface area contributed by atoms with Gasteiger partial charge in [0, 0.05) is 12.6 Å². The Balaban J connectivity index is 1.71. The molecule has 172 valence electrons. The fourth-order valence-electron chi connectivity index (χ4n) is 3.94. The number of hydrogen-bond donors (Lipinski definition) is 1. The van der Waals surface area contributed by atoms with Crippen LogP contribution in [0.3, 0.4) is 0 Å². The number of aryl methyl sites for hydroxylation is 1. The van der Waals surface area contributed by atoms with Crippen LogP contribution >= 0.6 is 0 Å². The summed E-state index contributed by atoms with van der Waals surface area (Å²) in [5.74, 6) is 0.579. The number of carbonyl (C=O) groups excluding carboxylic acids is 1. The molecule has 1 aliphatic heterocycles. The van der Waals surface area contributed by atoms with Crippen molar-refractivity contribution in [3.05, 3.63) is 83.4 Å². The number of methoxy groups -OCH3 is 2. The van der Waals surface area contributed by atoms with Crippen molar-refractivity contribution in [3.8, 4) is 11.5 Å². The van der Waals surface area contributed by atoms with Crippen molar-refractivity contribution in [1.82, 2.24) is 4.31 Å². The van der Waals surface area contributed by atoms with Crippen LogP contribution in [0.25, 0.3) is 0 Å². The van der Waals surface area contributed by atoms with Gasteiger partial charge in [0.15, 0.2) is 0 Å². The van der Waals surface area contributed by atoms with Crippen LogP contribution in [0.4, 0.5) is 5.69 Å². The van der Waals surface area contributed by atoms with E-state index < -0.39 is 22.0 Å². The summed E-state index contributed by atoms with van der Waals surface area (Å²) in [6, 6.07) is 18.4. The second-order valence-corrected chi connectivity index (χ2v) is 9.80. The SMILES string of the molecule is COc1ccc(NC(=O)[C@@H]2Cc3ccccc3CN2S(=O)(=O)c2ccc(C)cc2)c(OC)c1. The van der Waals surface area contributed by atoms with Crippen LogP contribution in [-0.4, -0.2) is 38.9 Å². The lowest BCUT2D eigenvalue weighted by atomic mass is 9.95. The van der Waals surface area contributed by atoms with Gasteiger partial charge >= 0.3 is 0 Å². The van der Waals surface area contributed by atoms with E-state index in [0.29, 0.717) is 17.2 Å². The topological polar surface area (TPSA) is 84.9 Å². The maximum Gasteiger partial charge on any atom is 0.244 e. The van der Waals surface area contributed by atoms with Crippen molar-refractivity contribution in [1.29, 1.82) is 0 Å². The van der Waals surface area contributed by atoms with Crippen molar-refractivity contribution >= 4 is 21.6 Å². The van der Waals surface area contributed by atoms with E-state index in [9.17, 15) is 13.2 Å². The maximum absolute atomic E-state index is 13.6. The highest BCUT2D eigenvalue weighted by atomic mass is 32.2. The van der Waals surface area contributed by atoms with Gasteiger partial charge < -0.3 is 14.8 Å². The van der Waals surface area contributed by atoms with E-state index in [1.807, 2.05) is 31.2 Å². The predicted octanol–water partition coefficient (Wildman–Crippen LogP) is 3.77. The quantitative estimate of drug-likeness (QED) is 0.598. The summed E-state index contributed by atoms with van der Waals surface area (Å²) < 4.78 is 39.0. The molecule has 0 aliphatic carbocycles. The van der Waals surface area contributed by atoms with Crippen molar-refractivity contribution in [2.24, 2.45) is 0 Å². The van der Waals surface area contributed by atoms with E-state index in [1.165, 1.54) is 11.4 Å². The van der Waals surface area contributed by atoms with Gasteiger partial charge in [-0.25, -0.2) is 8.42 Å². The average molecular weight is 467 g/mol. The third-order valence-corrected chi connectivity index (χ3v) is 7.67. The Bertz CT molecular complexity index is 1270. The summed E-state index contributed by atoms with van der Waals surface area (Å²) in [6.45, 7) is 2.01. The zero-order valence-corrected chi connectivity index (χ0v) is 19.6. The van der Waals surface area contributed by atoms with Crippen molar-refractivity contribution < 1.29 is 22.7 Å². The second kappa shape index (κ2) is 9.25. The zero-order valence-electron chi connectivity index (χ0n) is 18.7. The number of hydrogen-bond acceptors (Lipinski definition) is 5. The van der Waals surface area contributed by atoms with E-state index in [4.69, 9.17) is 9.47 Å². The molecular formula is C25H26N2O5S. The summed E-state index contributed by atoms with van der Waals surface area (Å²) in [7, 11) is -0.876. The Labute approximate surface area is 194 Å². The van der Waals surface area contributed by atoms with Gasteiger partial charge in [0.2, 0.25) is 15.9 Å². The minimum Gasteiger partial charge on any atom is -0.497 e. The highest BCUT2D eigenvalue weighted by Gasteiger charge is 2.39. The summed E-state index contributed by atoms with van der Waals surface area (Å²) >= 11 is 0. The van der Waals surface area contributed by atoms with Crippen LogP contribution < -0.4 is 14.8 Å². The number of carbonyl (C=O) groups is 1. The predicted molar refractivity (Wildman–Crippen MR) is 126 cm³/mol. The highest BCUT2D eigenvalue weighted by Crippen LogP contribution is 2.32. The van der Waals surface area contributed by atoms with E-state index >= 15 is 0 Å². The molecule has 0 bridgehead atoms. The Morgan fingerprint density at radius 1 is 0.970 bits per heavy atom. The standard InChI is InChI=1S/C25H26N2O5S/c1-17-8-11-21(12-9-17)33(29,30)27-16-19-7-5-4-6-18(19)14-23(27)25(28)26-22-13-10-20(31-2)15-24(22)32-3/h4-13,15,23H,14,16H2,1-3H3,(H,26,28)/t23-/m0/s1. The molecule has 1 amide bonds. The normalized spacial score (nSPS) is 16.0. The van der Waals surface area contributed by atoms with Crippen LogP contribution in [0.2, 0.25) is 0 Å². The lowest BCUT2D eigenvalue weighted by Gasteiger charge is -2.35. The van der Waals surface area contributed by atoms with E-state index in [-0.39, 0.29) is 17.9 Å². The molecule has 1 aliphatic rings. The molecule has 0 spiro atoms. The molecule has 0 aromatic heterocycles. The Kier molecular flexibility index (Phi) is 6.40. The van der Waals surface area contributed by atoms with Crippen molar-refractivity contribution in [3.63, 3.8) is 0 Å². The molecule has 0 radical (unpaired) electrons. The van der Waals surface area contributed by atoms with Crippen LogP contribution in [0.15, 0.2) is 71.6 Å². The molecular weight excluding hydrogens is 440 g/mol. The molecule has 3 aromatic rings. The minimum absolute atomic E-state index is 0.115. The maximum atomic E-state index is 13.6. The molecule has 0 unspecified atom stereocenters. The molecule has 3 aromatic carbocycles. The summed E-state index contributed by atoms with van der Waals surface area (Å²) in [5.41, 5.74) is 3.24. The smallest absolute Gasteiger partial charge is 0.244 e. The minimum atomic E-state index is -3.91. The Morgan fingerprint density at radius 3 is 2.33 bits per heavy atom. The molecule has 8 heteroatoms. The van der Waals surface area contributed by atoms with Crippen LogP contribution in [0.1, 0.15) is 16.7 Å². The number of amides is 1. The highest BCUT2D eigenvalue weighted by molar-refractivity contribution is 7.89. The molecule has 0 saturated heterocycles. The first-order valence-corrected chi connectivity index (χ1v) is 12.0. The first-order valence-electron chi connectivity index (χ1n) is 10.5. The number of ether oxygens (including phenoxy) is 2. The molecule has 0 fully saturated rings. The van der Waals surface area contributed by atoms with Gasteiger partial charge in [0.05, 0.1) is 24.8 Å². The summed E-state index contributed by atoms with van der Waals surface area (Å²) in [5, 5.41) is 2.85. The summed E-state index contributed by atoms with van der Waals surface area (Å²) in [4.78, 5) is 13.6. The molecule has 1 heterocycles. The fourth-order valence-corrected chi connectivity index (χ4v) is 5.50. The molecule has 4 rings (SSSR count). The Hall–Kier alpha value is -3.36. The number of anilines is 1. The molecule has 7 nitrogen and oxygen atoms in total. The van der Waals surface area contributed by atoms with Gasteiger partial charge in [0.25, 0.3) is 0 Å². The van der Waals surface area contributed by atoms with Gasteiger partial charge in [-0.15, -0.1) is 0 Å². The lowest BCUT2D eigenvalue weighted by Crippen LogP contribution is -2.50. The van der Waals surface area contributed by atoms with Crippen molar-refractivity contribution in [2.75, 3.05) is 19.5 Å². The number of rotatable bonds is 6. The number of nitrogens with one attached hydrogen (secondary N) is 1.